The first-order valence-corrected chi connectivity index (χ1v) is 7.41. The van der Waals surface area contributed by atoms with Crippen molar-refractivity contribution in [3.63, 3.8) is 0 Å². The van der Waals surface area contributed by atoms with Gasteiger partial charge in [0.05, 0.1) is 5.69 Å². The number of rotatable bonds is 3. The highest BCUT2D eigenvalue weighted by Crippen LogP contribution is 2.26. The molecule has 0 aliphatic rings. The molecule has 21 heavy (non-hydrogen) atoms. The minimum atomic E-state index is -0.200. The van der Waals surface area contributed by atoms with E-state index in [0.717, 1.165) is 11.3 Å². The second-order valence-electron chi connectivity index (χ2n) is 4.23. The van der Waals surface area contributed by atoms with E-state index in [4.69, 9.17) is 11.6 Å². The Morgan fingerprint density at radius 1 is 1.10 bits per heavy atom. The summed E-state index contributed by atoms with van der Waals surface area (Å²) in [5, 5.41) is 5.91. The number of carbonyl (C=O) groups is 1. The fraction of sp³-hybridized carbons (Fsp3) is 0. The average Bonchev–Trinajstić information content (AvgIpc) is 2.97. The number of hydrogen-bond donors (Lipinski definition) is 1. The number of halogens is 1. The van der Waals surface area contributed by atoms with E-state index in [1.54, 1.807) is 24.5 Å². The highest BCUT2D eigenvalue weighted by Gasteiger charge is 2.09. The molecule has 1 N–H and O–H groups in total. The number of pyridine rings is 1. The van der Waals surface area contributed by atoms with Gasteiger partial charge in [-0.05, 0) is 24.3 Å². The van der Waals surface area contributed by atoms with Crippen LogP contribution in [0.2, 0.25) is 5.02 Å². The Morgan fingerprint density at radius 3 is 2.52 bits per heavy atom. The van der Waals surface area contributed by atoms with Gasteiger partial charge in [-0.2, -0.15) is 0 Å². The maximum absolute atomic E-state index is 12.0. The number of benzene rings is 1. The summed E-state index contributed by atoms with van der Waals surface area (Å²) in [6.45, 7) is 0. The Balaban J connectivity index is 1.76. The topological polar surface area (TPSA) is 54.9 Å². The van der Waals surface area contributed by atoms with Gasteiger partial charge < -0.3 is 0 Å². The summed E-state index contributed by atoms with van der Waals surface area (Å²) in [6.07, 6.45) is 3.16. The van der Waals surface area contributed by atoms with Gasteiger partial charge in [0, 0.05) is 33.9 Å². The highest BCUT2D eigenvalue weighted by atomic mass is 35.5. The predicted molar refractivity (Wildman–Crippen MR) is 84.8 cm³/mol. The molecular weight excluding hydrogens is 306 g/mol. The van der Waals surface area contributed by atoms with Crippen molar-refractivity contribution in [1.29, 1.82) is 0 Å². The Kier molecular flexibility index (Phi) is 3.94. The molecule has 1 amide bonds. The van der Waals surface area contributed by atoms with Gasteiger partial charge in [-0.15, -0.1) is 11.3 Å². The third-order valence-electron chi connectivity index (χ3n) is 2.81. The van der Waals surface area contributed by atoms with Crippen molar-refractivity contribution < 1.29 is 4.79 Å². The Morgan fingerprint density at radius 2 is 1.81 bits per heavy atom. The summed E-state index contributed by atoms with van der Waals surface area (Å²) in [5.41, 5.74) is 2.31. The largest absolute Gasteiger partial charge is 0.298 e. The van der Waals surface area contributed by atoms with Crippen molar-refractivity contribution >= 4 is 34.0 Å². The number of anilines is 1. The van der Waals surface area contributed by atoms with E-state index in [1.165, 1.54) is 11.3 Å². The van der Waals surface area contributed by atoms with E-state index < -0.39 is 0 Å². The quantitative estimate of drug-likeness (QED) is 0.791. The molecule has 0 saturated heterocycles. The van der Waals surface area contributed by atoms with Crippen LogP contribution in [0.1, 0.15) is 10.4 Å². The smallest absolute Gasteiger partial charge is 0.257 e. The molecule has 0 spiro atoms. The van der Waals surface area contributed by atoms with Crippen LogP contribution in [0.25, 0.3) is 11.3 Å². The first-order valence-electron chi connectivity index (χ1n) is 6.15. The van der Waals surface area contributed by atoms with Gasteiger partial charge in [-0.25, -0.2) is 4.98 Å². The van der Waals surface area contributed by atoms with Crippen molar-refractivity contribution in [2.24, 2.45) is 0 Å². The minimum absolute atomic E-state index is 0.200. The fourth-order valence-corrected chi connectivity index (χ4v) is 2.60. The molecule has 6 heteroatoms. The van der Waals surface area contributed by atoms with E-state index in [9.17, 15) is 4.79 Å². The summed E-state index contributed by atoms with van der Waals surface area (Å²) in [5.74, 6) is -0.200. The monoisotopic (exact) mass is 315 g/mol. The van der Waals surface area contributed by atoms with Crippen LogP contribution in [0, 0.1) is 0 Å². The maximum Gasteiger partial charge on any atom is 0.257 e. The van der Waals surface area contributed by atoms with Crippen LogP contribution in [0.15, 0.2) is 54.2 Å². The lowest BCUT2D eigenvalue weighted by molar-refractivity contribution is 0.102. The maximum atomic E-state index is 12.0. The molecule has 0 fully saturated rings. The van der Waals surface area contributed by atoms with Crippen molar-refractivity contribution in [1.82, 2.24) is 9.97 Å². The Hall–Kier alpha value is -2.24. The molecule has 2 aromatic heterocycles. The number of carbonyl (C=O) groups excluding carboxylic acids is 1. The number of nitrogens with zero attached hydrogens (tertiary/aromatic N) is 2. The lowest BCUT2D eigenvalue weighted by atomic mass is 10.2. The second-order valence-corrected chi connectivity index (χ2v) is 5.53. The number of hydrogen-bond acceptors (Lipinski definition) is 4. The molecular formula is C15H10ClN3OS. The van der Waals surface area contributed by atoms with Crippen LogP contribution in [0.3, 0.4) is 0 Å². The summed E-state index contributed by atoms with van der Waals surface area (Å²) in [4.78, 5) is 20.3. The van der Waals surface area contributed by atoms with Gasteiger partial charge in [0.2, 0.25) is 0 Å². The number of nitrogens with one attached hydrogen (secondary N) is 1. The zero-order valence-corrected chi connectivity index (χ0v) is 12.4. The number of aromatic nitrogens is 2. The van der Waals surface area contributed by atoms with Crippen molar-refractivity contribution in [2.75, 3.05) is 5.32 Å². The van der Waals surface area contributed by atoms with Crippen LogP contribution in [0.5, 0.6) is 0 Å². The van der Waals surface area contributed by atoms with Gasteiger partial charge in [0.25, 0.3) is 5.91 Å². The summed E-state index contributed by atoms with van der Waals surface area (Å²) < 4.78 is 0. The van der Waals surface area contributed by atoms with Gasteiger partial charge in [-0.1, -0.05) is 23.7 Å². The number of thiazole rings is 1. The SMILES string of the molecule is O=C(Nc1nc(-c2ccc(Cl)cc2)cs1)c1ccncc1. The summed E-state index contributed by atoms with van der Waals surface area (Å²) in [6, 6.07) is 10.7. The molecule has 0 atom stereocenters. The molecule has 0 radical (unpaired) electrons. The van der Waals surface area contributed by atoms with Crippen LogP contribution < -0.4 is 5.32 Å². The van der Waals surface area contributed by atoms with Crippen LogP contribution in [-0.2, 0) is 0 Å². The molecule has 104 valence electrons. The molecule has 0 unspecified atom stereocenters. The molecule has 4 nitrogen and oxygen atoms in total. The van der Waals surface area contributed by atoms with Crippen molar-refractivity contribution in [3.05, 3.63) is 64.8 Å². The van der Waals surface area contributed by atoms with Crippen LogP contribution in [-0.4, -0.2) is 15.9 Å². The molecule has 1 aromatic carbocycles. The predicted octanol–water partition coefficient (Wildman–Crippen LogP) is 4.11. The first kappa shape index (κ1) is 13.7. The van der Waals surface area contributed by atoms with E-state index in [-0.39, 0.29) is 5.91 Å². The lowest BCUT2D eigenvalue weighted by Gasteiger charge is -2.00. The Labute approximate surface area is 130 Å². The van der Waals surface area contributed by atoms with Crippen LogP contribution in [0.4, 0.5) is 5.13 Å². The molecule has 0 saturated carbocycles. The van der Waals surface area contributed by atoms with Crippen LogP contribution >= 0.6 is 22.9 Å². The third-order valence-corrected chi connectivity index (χ3v) is 3.82. The highest BCUT2D eigenvalue weighted by molar-refractivity contribution is 7.14. The van der Waals surface area contributed by atoms with E-state index in [1.807, 2.05) is 29.6 Å². The average molecular weight is 316 g/mol. The van der Waals surface area contributed by atoms with Gasteiger partial charge in [-0.3, -0.25) is 15.1 Å². The fourth-order valence-electron chi connectivity index (χ4n) is 1.76. The van der Waals surface area contributed by atoms with Gasteiger partial charge in [0.1, 0.15) is 0 Å². The molecule has 0 aliphatic carbocycles. The second kappa shape index (κ2) is 6.03. The van der Waals surface area contributed by atoms with Crippen molar-refractivity contribution in [2.45, 2.75) is 0 Å². The van der Waals surface area contributed by atoms with Gasteiger partial charge >= 0.3 is 0 Å². The third kappa shape index (κ3) is 3.26. The van der Waals surface area contributed by atoms with E-state index in [2.05, 4.69) is 15.3 Å². The summed E-state index contributed by atoms with van der Waals surface area (Å²) >= 11 is 7.24. The molecule has 2 heterocycles. The molecule has 3 rings (SSSR count). The zero-order valence-electron chi connectivity index (χ0n) is 10.8. The number of amides is 1. The molecule has 3 aromatic rings. The van der Waals surface area contributed by atoms with Crippen molar-refractivity contribution in [3.8, 4) is 11.3 Å². The molecule has 0 aliphatic heterocycles. The van der Waals surface area contributed by atoms with Gasteiger partial charge in [0.15, 0.2) is 5.13 Å². The normalized spacial score (nSPS) is 10.3. The van der Waals surface area contributed by atoms with E-state index >= 15 is 0 Å². The minimum Gasteiger partial charge on any atom is -0.298 e. The summed E-state index contributed by atoms with van der Waals surface area (Å²) in [7, 11) is 0. The zero-order chi connectivity index (χ0) is 14.7. The lowest BCUT2D eigenvalue weighted by Crippen LogP contribution is -2.11. The Bertz CT molecular complexity index is 756. The standard InChI is InChI=1S/C15H10ClN3OS/c16-12-3-1-10(2-4-12)13-9-21-15(18-13)19-14(20)11-5-7-17-8-6-11/h1-9H,(H,18,19,20). The van der Waals surface area contributed by atoms with E-state index in [0.29, 0.717) is 15.7 Å². The first-order chi connectivity index (χ1) is 10.2. The molecule has 0 bridgehead atoms.